The lowest BCUT2D eigenvalue weighted by atomic mass is 10.0. The number of amides is 1. The van der Waals surface area contributed by atoms with Crippen LogP contribution < -0.4 is 5.73 Å². The number of nitrogen functional groups attached to an aromatic ring is 1. The van der Waals surface area contributed by atoms with Gasteiger partial charge in [-0.2, -0.15) is 0 Å². The van der Waals surface area contributed by atoms with E-state index in [1.165, 1.54) is 18.2 Å². The molecule has 1 unspecified atom stereocenters. The van der Waals surface area contributed by atoms with Gasteiger partial charge in [0.15, 0.2) is 10.8 Å². The third-order valence-corrected chi connectivity index (χ3v) is 5.82. The highest BCUT2D eigenvalue weighted by Crippen LogP contribution is 2.25. The number of carbonyl (C=O) groups is 1. The molecule has 2 N–H and O–H groups in total. The predicted molar refractivity (Wildman–Crippen MR) is 106 cm³/mol. The highest BCUT2D eigenvalue weighted by atomic mass is 32.2. The Morgan fingerprint density at radius 1 is 1.26 bits per heavy atom. The minimum absolute atomic E-state index is 0.136. The summed E-state index contributed by atoms with van der Waals surface area (Å²) in [7, 11) is 0. The zero-order valence-electron chi connectivity index (χ0n) is 15.2. The van der Waals surface area contributed by atoms with Crippen molar-refractivity contribution in [2.75, 3.05) is 18.0 Å². The third kappa shape index (κ3) is 3.62. The molecule has 0 spiro atoms. The van der Waals surface area contributed by atoms with Gasteiger partial charge in [-0.15, -0.1) is 10.2 Å². The number of nitrogens with two attached hydrogens (primary N) is 1. The van der Waals surface area contributed by atoms with Crippen molar-refractivity contribution in [3.8, 4) is 11.3 Å². The van der Waals surface area contributed by atoms with Gasteiger partial charge in [0, 0.05) is 24.2 Å². The molecule has 1 aliphatic rings. The van der Waals surface area contributed by atoms with Crippen LogP contribution in [0.3, 0.4) is 0 Å². The smallest absolute Gasteiger partial charge is 0.233 e. The number of likely N-dealkylation sites (tertiary alicyclic amines) is 1. The number of nitrogens with zero attached hydrogens (tertiary/aromatic N) is 5. The van der Waals surface area contributed by atoms with E-state index in [1.807, 2.05) is 41.3 Å². The summed E-state index contributed by atoms with van der Waals surface area (Å²) < 4.78 is 1.70. The monoisotopic (exact) mass is 382 g/mol. The van der Waals surface area contributed by atoms with Crippen LogP contribution in [0.25, 0.3) is 16.9 Å². The number of aromatic nitrogens is 4. The molecule has 0 saturated carbocycles. The van der Waals surface area contributed by atoms with Crippen molar-refractivity contribution >= 4 is 29.3 Å². The fourth-order valence-electron chi connectivity index (χ4n) is 3.45. The molecule has 0 aliphatic carbocycles. The predicted octanol–water partition coefficient (Wildman–Crippen LogP) is 2.87. The van der Waals surface area contributed by atoms with E-state index in [2.05, 4.69) is 22.1 Å². The number of fused-ring (bicyclic) bond motifs is 1. The Bertz CT molecular complexity index is 957. The summed E-state index contributed by atoms with van der Waals surface area (Å²) in [5.41, 5.74) is 8.52. The number of rotatable bonds is 4. The zero-order valence-corrected chi connectivity index (χ0v) is 16.0. The molecule has 3 aromatic rings. The van der Waals surface area contributed by atoms with Crippen LogP contribution in [0.4, 0.5) is 5.95 Å². The number of hydrogen-bond donors (Lipinski definition) is 1. The Morgan fingerprint density at radius 3 is 2.85 bits per heavy atom. The van der Waals surface area contributed by atoms with Crippen LogP contribution in [0.2, 0.25) is 0 Å². The fraction of sp³-hybridized carbons (Fsp3) is 0.368. The summed E-state index contributed by atoms with van der Waals surface area (Å²) in [6, 6.07) is 12.0. The second kappa shape index (κ2) is 7.56. The first-order chi connectivity index (χ1) is 13.1. The fourth-order valence-corrected chi connectivity index (χ4v) is 4.28. The Kier molecular flexibility index (Phi) is 4.98. The first kappa shape index (κ1) is 17.8. The topological polar surface area (TPSA) is 89.4 Å². The summed E-state index contributed by atoms with van der Waals surface area (Å²) in [6.07, 6.45) is 3.34. The van der Waals surface area contributed by atoms with Gasteiger partial charge < -0.3 is 10.6 Å². The maximum atomic E-state index is 12.6. The number of piperidine rings is 1. The molecular formula is C19H22N6OS. The second-order valence-electron chi connectivity index (χ2n) is 6.76. The van der Waals surface area contributed by atoms with Crippen LogP contribution in [0.15, 0.2) is 41.6 Å². The molecule has 8 heteroatoms. The van der Waals surface area contributed by atoms with Gasteiger partial charge in [-0.3, -0.25) is 4.79 Å². The average molecular weight is 382 g/mol. The normalized spacial score (nSPS) is 17.4. The van der Waals surface area contributed by atoms with Crippen LogP contribution in [0.5, 0.6) is 0 Å². The van der Waals surface area contributed by atoms with Crippen LogP contribution in [0.1, 0.15) is 26.2 Å². The molecule has 27 heavy (non-hydrogen) atoms. The van der Waals surface area contributed by atoms with E-state index in [4.69, 9.17) is 5.73 Å². The van der Waals surface area contributed by atoms with Gasteiger partial charge in [0.25, 0.3) is 0 Å². The van der Waals surface area contributed by atoms with Crippen LogP contribution in [-0.4, -0.2) is 48.7 Å². The second-order valence-corrected chi connectivity index (χ2v) is 7.70. The Labute approximate surface area is 162 Å². The van der Waals surface area contributed by atoms with Crippen molar-refractivity contribution < 1.29 is 4.79 Å². The molecule has 1 atom stereocenters. The Balaban J connectivity index is 1.54. The molecule has 3 heterocycles. The van der Waals surface area contributed by atoms with E-state index in [-0.39, 0.29) is 5.91 Å². The van der Waals surface area contributed by atoms with Gasteiger partial charge in [-0.1, -0.05) is 42.1 Å². The van der Waals surface area contributed by atoms with E-state index < -0.39 is 0 Å². The highest BCUT2D eigenvalue weighted by Gasteiger charge is 2.24. The summed E-state index contributed by atoms with van der Waals surface area (Å²) in [5, 5.41) is 9.02. The van der Waals surface area contributed by atoms with Gasteiger partial charge in [0.1, 0.15) is 0 Å². The van der Waals surface area contributed by atoms with Gasteiger partial charge in [-0.25, -0.2) is 9.38 Å². The summed E-state index contributed by atoms with van der Waals surface area (Å²) >= 11 is 1.35. The highest BCUT2D eigenvalue weighted by molar-refractivity contribution is 7.99. The standard InChI is InChI=1S/C19H22N6OS/c1-13-7-5-6-10-24(13)17(26)12-27-19-23-22-16-11-15(21-18(20)25(16)19)14-8-3-2-4-9-14/h2-4,8-9,11,13H,5-7,10,12H2,1H3,(H2,20,21). The molecule has 2 aromatic heterocycles. The lowest BCUT2D eigenvalue weighted by molar-refractivity contribution is -0.131. The lowest BCUT2D eigenvalue weighted by Crippen LogP contribution is -2.42. The largest absolute Gasteiger partial charge is 0.369 e. The van der Waals surface area contributed by atoms with Crippen molar-refractivity contribution in [3.05, 3.63) is 36.4 Å². The van der Waals surface area contributed by atoms with Crippen LogP contribution in [0, 0.1) is 0 Å². The first-order valence-corrected chi connectivity index (χ1v) is 10.1. The maximum absolute atomic E-state index is 12.6. The van der Waals surface area contributed by atoms with Crippen molar-refractivity contribution in [3.63, 3.8) is 0 Å². The van der Waals surface area contributed by atoms with Crippen LogP contribution in [-0.2, 0) is 4.79 Å². The number of hydrogen-bond acceptors (Lipinski definition) is 6. The number of thioether (sulfide) groups is 1. The van der Waals surface area contributed by atoms with Crippen LogP contribution >= 0.6 is 11.8 Å². The van der Waals surface area contributed by atoms with Crippen molar-refractivity contribution in [2.24, 2.45) is 0 Å². The summed E-state index contributed by atoms with van der Waals surface area (Å²) in [5.74, 6) is 0.777. The first-order valence-electron chi connectivity index (χ1n) is 9.13. The van der Waals surface area contributed by atoms with Gasteiger partial charge in [-0.05, 0) is 26.2 Å². The van der Waals surface area contributed by atoms with Gasteiger partial charge in [0.05, 0.1) is 11.4 Å². The quantitative estimate of drug-likeness (QED) is 0.698. The zero-order chi connectivity index (χ0) is 18.8. The van der Waals surface area contributed by atoms with Crippen molar-refractivity contribution in [2.45, 2.75) is 37.4 Å². The number of anilines is 1. The molecule has 7 nitrogen and oxygen atoms in total. The molecule has 0 radical (unpaired) electrons. The van der Waals surface area contributed by atoms with Gasteiger partial charge in [0.2, 0.25) is 11.9 Å². The van der Waals surface area contributed by atoms with Crippen molar-refractivity contribution in [1.29, 1.82) is 0 Å². The van der Waals surface area contributed by atoms with E-state index in [0.717, 1.165) is 30.6 Å². The third-order valence-electron chi connectivity index (χ3n) is 4.91. The minimum Gasteiger partial charge on any atom is -0.369 e. The van der Waals surface area contributed by atoms with E-state index in [1.54, 1.807) is 4.40 Å². The lowest BCUT2D eigenvalue weighted by Gasteiger charge is -2.33. The van der Waals surface area contributed by atoms with Crippen molar-refractivity contribution in [1.82, 2.24) is 24.5 Å². The molecule has 140 valence electrons. The van der Waals surface area contributed by atoms with Gasteiger partial charge >= 0.3 is 0 Å². The van der Waals surface area contributed by atoms with E-state index in [9.17, 15) is 4.79 Å². The number of benzene rings is 1. The molecule has 1 saturated heterocycles. The summed E-state index contributed by atoms with van der Waals surface area (Å²) in [4.78, 5) is 19.0. The Morgan fingerprint density at radius 2 is 2.07 bits per heavy atom. The average Bonchev–Trinajstić information content (AvgIpc) is 3.11. The minimum atomic E-state index is 0.136. The molecular weight excluding hydrogens is 360 g/mol. The van der Waals surface area contributed by atoms with E-state index in [0.29, 0.717) is 28.5 Å². The molecule has 0 bridgehead atoms. The Hall–Kier alpha value is -2.61. The molecule has 1 amide bonds. The number of carbonyl (C=O) groups excluding carboxylic acids is 1. The molecule has 1 fully saturated rings. The SMILES string of the molecule is CC1CCCCN1C(=O)CSc1nnc2cc(-c3ccccc3)nc(N)n12. The molecule has 1 aliphatic heterocycles. The molecule has 1 aromatic carbocycles. The summed E-state index contributed by atoms with van der Waals surface area (Å²) in [6.45, 7) is 2.95. The maximum Gasteiger partial charge on any atom is 0.233 e. The molecule has 4 rings (SSSR count). The van der Waals surface area contributed by atoms with E-state index >= 15 is 0 Å².